The molecule has 0 unspecified atom stereocenters. The number of hydrogen-bond donors (Lipinski definition) is 0. The number of amides is 2. The number of nitrogens with zero attached hydrogens (tertiary/aromatic N) is 4. The van der Waals surface area contributed by atoms with Gasteiger partial charge < -0.3 is 28.7 Å². The van der Waals surface area contributed by atoms with E-state index in [0.29, 0.717) is 48.1 Å². The third-order valence-electron chi connectivity index (χ3n) is 8.64. The van der Waals surface area contributed by atoms with Crippen LogP contribution in [0.1, 0.15) is 45.1 Å². The summed E-state index contributed by atoms with van der Waals surface area (Å²) in [7, 11) is 4.78. The highest BCUT2D eigenvalue weighted by Gasteiger charge is 2.33. The van der Waals surface area contributed by atoms with Crippen LogP contribution in [0.3, 0.4) is 0 Å². The SMILES string of the molecule is COc1ccc(CN(Cc2ccc(OC)cc2)C(=O)c2cc(N3C[C@@H](c4ccc(OC)c(Oc5ccccc5C#N)c4)CC3=O)ccn2)cc1. The number of hydrogen-bond acceptors (Lipinski definition) is 8. The molecule has 10 nitrogen and oxygen atoms in total. The minimum absolute atomic E-state index is 0.0685. The van der Waals surface area contributed by atoms with E-state index in [1.54, 1.807) is 79.8 Å². The molecular weight excluding hydrogens is 632 g/mol. The molecule has 1 aliphatic heterocycles. The van der Waals surface area contributed by atoms with Crippen molar-refractivity contribution in [3.05, 3.63) is 137 Å². The molecule has 0 aliphatic carbocycles. The Morgan fingerprint density at radius 3 is 2.10 bits per heavy atom. The van der Waals surface area contributed by atoms with Gasteiger partial charge in [0.05, 0.1) is 26.9 Å². The third kappa shape index (κ3) is 7.53. The van der Waals surface area contributed by atoms with Crippen LogP contribution in [0.4, 0.5) is 5.69 Å². The Morgan fingerprint density at radius 1 is 0.820 bits per heavy atom. The van der Waals surface area contributed by atoms with Crippen LogP contribution in [0.25, 0.3) is 0 Å². The Hall–Kier alpha value is -6.34. The number of carbonyl (C=O) groups excluding carboxylic acids is 2. The smallest absolute Gasteiger partial charge is 0.273 e. The molecule has 0 N–H and O–H groups in total. The maximum absolute atomic E-state index is 14.1. The lowest BCUT2D eigenvalue weighted by atomic mass is 9.98. The molecule has 0 radical (unpaired) electrons. The predicted octanol–water partition coefficient (Wildman–Crippen LogP) is 7.13. The van der Waals surface area contributed by atoms with Gasteiger partial charge in [0.1, 0.15) is 29.0 Å². The Balaban J connectivity index is 1.23. The first-order valence-corrected chi connectivity index (χ1v) is 16.1. The second-order valence-corrected chi connectivity index (χ2v) is 11.8. The largest absolute Gasteiger partial charge is 0.497 e. The topological polar surface area (TPSA) is 114 Å². The molecule has 0 saturated carbocycles. The number of para-hydroxylation sites is 1. The van der Waals surface area contributed by atoms with Crippen molar-refractivity contribution in [2.75, 3.05) is 32.8 Å². The molecule has 10 heteroatoms. The van der Waals surface area contributed by atoms with E-state index >= 15 is 0 Å². The quantitative estimate of drug-likeness (QED) is 0.138. The Labute approximate surface area is 291 Å². The number of nitriles is 1. The van der Waals surface area contributed by atoms with Crippen LogP contribution < -0.4 is 23.8 Å². The molecule has 1 fully saturated rings. The van der Waals surface area contributed by atoms with Crippen LogP contribution in [-0.2, 0) is 17.9 Å². The second-order valence-electron chi connectivity index (χ2n) is 11.8. The van der Waals surface area contributed by atoms with Gasteiger partial charge in [0.25, 0.3) is 5.91 Å². The van der Waals surface area contributed by atoms with Gasteiger partial charge in [-0.3, -0.25) is 14.6 Å². The summed E-state index contributed by atoms with van der Waals surface area (Å²) in [6, 6.07) is 33.3. The number of anilines is 1. The van der Waals surface area contributed by atoms with Crippen LogP contribution in [-0.4, -0.2) is 49.6 Å². The van der Waals surface area contributed by atoms with E-state index in [1.807, 2.05) is 60.7 Å². The molecule has 1 aromatic heterocycles. The molecule has 1 atom stereocenters. The van der Waals surface area contributed by atoms with Crippen molar-refractivity contribution < 1.29 is 28.5 Å². The van der Waals surface area contributed by atoms with Gasteiger partial charge in [-0.2, -0.15) is 5.26 Å². The molecule has 1 aliphatic rings. The number of aromatic nitrogens is 1. The summed E-state index contributed by atoms with van der Waals surface area (Å²) in [5, 5.41) is 9.53. The maximum atomic E-state index is 14.1. The molecule has 5 aromatic rings. The summed E-state index contributed by atoms with van der Waals surface area (Å²) < 4.78 is 22.3. The summed E-state index contributed by atoms with van der Waals surface area (Å²) in [6.07, 6.45) is 1.83. The van der Waals surface area contributed by atoms with Crippen LogP contribution in [0.15, 0.2) is 109 Å². The summed E-state index contributed by atoms with van der Waals surface area (Å²) in [5.74, 6) is 2.35. The lowest BCUT2D eigenvalue weighted by Crippen LogP contribution is -2.31. The fourth-order valence-electron chi connectivity index (χ4n) is 5.94. The number of ether oxygens (including phenoxy) is 4. The van der Waals surface area contributed by atoms with E-state index in [-0.39, 0.29) is 29.8 Å². The van der Waals surface area contributed by atoms with Crippen molar-refractivity contribution in [2.45, 2.75) is 25.4 Å². The van der Waals surface area contributed by atoms with Crippen molar-refractivity contribution in [1.29, 1.82) is 5.26 Å². The molecular formula is C40H36N4O6. The van der Waals surface area contributed by atoms with E-state index in [4.69, 9.17) is 18.9 Å². The molecule has 0 bridgehead atoms. The highest BCUT2D eigenvalue weighted by molar-refractivity contribution is 5.98. The zero-order chi connectivity index (χ0) is 35.0. The van der Waals surface area contributed by atoms with E-state index < -0.39 is 0 Å². The van der Waals surface area contributed by atoms with Gasteiger partial charge in [-0.25, -0.2) is 0 Å². The zero-order valence-electron chi connectivity index (χ0n) is 28.0. The molecule has 2 amide bonds. The van der Waals surface area contributed by atoms with Crippen molar-refractivity contribution in [3.63, 3.8) is 0 Å². The Kier molecular flexibility index (Phi) is 10.2. The van der Waals surface area contributed by atoms with Gasteiger partial charge in [-0.15, -0.1) is 0 Å². The predicted molar refractivity (Wildman–Crippen MR) is 188 cm³/mol. The third-order valence-corrected chi connectivity index (χ3v) is 8.64. The minimum Gasteiger partial charge on any atom is -0.497 e. The summed E-state index contributed by atoms with van der Waals surface area (Å²) >= 11 is 0. The number of pyridine rings is 1. The average molecular weight is 669 g/mol. The molecule has 6 rings (SSSR count). The van der Waals surface area contributed by atoms with E-state index in [0.717, 1.165) is 28.2 Å². The van der Waals surface area contributed by atoms with Crippen LogP contribution in [0.5, 0.6) is 28.7 Å². The van der Waals surface area contributed by atoms with Crippen LogP contribution in [0, 0.1) is 11.3 Å². The molecule has 252 valence electrons. The first kappa shape index (κ1) is 33.6. The molecule has 0 spiro atoms. The number of benzene rings is 4. The summed E-state index contributed by atoms with van der Waals surface area (Å²) in [4.78, 5) is 35.4. The van der Waals surface area contributed by atoms with Gasteiger partial charge in [0, 0.05) is 43.9 Å². The monoisotopic (exact) mass is 668 g/mol. The molecule has 50 heavy (non-hydrogen) atoms. The highest BCUT2D eigenvalue weighted by atomic mass is 16.5. The first-order valence-electron chi connectivity index (χ1n) is 16.1. The fourth-order valence-corrected chi connectivity index (χ4v) is 5.94. The standard InChI is InChI=1S/C40H36N4O6/c1-47-33-13-8-27(9-14-33)24-43(25-28-10-15-34(48-2)16-11-28)40(46)35-22-32(18-19-42-35)44-26-31(21-39(44)45)29-12-17-37(49-3)38(20-29)50-36-7-5-4-6-30(36)23-41/h4-20,22,31H,21,24-26H2,1-3H3/t31-/m0/s1. The normalized spacial score (nSPS) is 13.8. The van der Waals surface area contributed by atoms with Crippen molar-refractivity contribution >= 4 is 17.5 Å². The van der Waals surface area contributed by atoms with Crippen LogP contribution in [0.2, 0.25) is 0 Å². The van der Waals surface area contributed by atoms with Crippen molar-refractivity contribution in [3.8, 4) is 34.8 Å². The van der Waals surface area contributed by atoms with Crippen LogP contribution >= 0.6 is 0 Å². The summed E-state index contributed by atoms with van der Waals surface area (Å²) in [6.45, 7) is 1.08. The lowest BCUT2D eigenvalue weighted by Gasteiger charge is -2.24. The van der Waals surface area contributed by atoms with Gasteiger partial charge in [-0.1, -0.05) is 42.5 Å². The molecule has 4 aromatic carbocycles. The minimum atomic E-state index is -0.267. The van der Waals surface area contributed by atoms with Gasteiger partial charge in [0.2, 0.25) is 5.91 Å². The van der Waals surface area contributed by atoms with E-state index in [2.05, 4.69) is 11.1 Å². The fraction of sp³-hybridized carbons (Fsp3) is 0.200. The number of rotatable bonds is 12. The van der Waals surface area contributed by atoms with Gasteiger partial charge in [-0.05, 0) is 77.4 Å². The van der Waals surface area contributed by atoms with Gasteiger partial charge >= 0.3 is 0 Å². The first-order chi connectivity index (χ1) is 24.4. The maximum Gasteiger partial charge on any atom is 0.273 e. The van der Waals surface area contributed by atoms with Crippen molar-refractivity contribution in [1.82, 2.24) is 9.88 Å². The summed E-state index contributed by atoms with van der Waals surface area (Å²) in [5.41, 5.74) is 3.98. The zero-order valence-corrected chi connectivity index (χ0v) is 28.0. The molecule has 2 heterocycles. The number of methoxy groups -OCH3 is 3. The molecule has 1 saturated heterocycles. The second kappa shape index (κ2) is 15.3. The van der Waals surface area contributed by atoms with Crippen molar-refractivity contribution in [2.24, 2.45) is 0 Å². The Morgan fingerprint density at radius 2 is 1.48 bits per heavy atom. The van der Waals surface area contributed by atoms with E-state index in [1.165, 1.54) is 0 Å². The number of carbonyl (C=O) groups is 2. The lowest BCUT2D eigenvalue weighted by molar-refractivity contribution is -0.117. The Bertz CT molecular complexity index is 1970. The highest BCUT2D eigenvalue weighted by Crippen LogP contribution is 2.39. The average Bonchev–Trinajstić information content (AvgIpc) is 3.56. The van der Waals surface area contributed by atoms with Gasteiger partial charge in [0.15, 0.2) is 11.5 Å². The van der Waals surface area contributed by atoms with E-state index in [9.17, 15) is 14.9 Å².